The van der Waals surface area contributed by atoms with Crippen molar-refractivity contribution in [3.8, 4) is 0 Å². The number of fused-ring (bicyclic) bond motifs is 1. The van der Waals surface area contributed by atoms with Crippen molar-refractivity contribution in [2.24, 2.45) is 0 Å². The molecule has 44 heavy (non-hydrogen) atoms. The second-order valence-corrected chi connectivity index (χ2v) is 13.0. The lowest BCUT2D eigenvalue weighted by atomic mass is 10.1. The Kier molecular flexibility index (Phi) is 8.76. The highest BCUT2D eigenvalue weighted by Gasteiger charge is 2.41. The second-order valence-electron chi connectivity index (χ2n) is 11.6. The summed E-state index contributed by atoms with van der Waals surface area (Å²) in [5.41, 5.74) is -0.134. The first-order valence-corrected chi connectivity index (χ1v) is 15.1. The van der Waals surface area contributed by atoms with Crippen LogP contribution in [-0.2, 0) is 22.3 Å². The highest BCUT2D eigenvalue weighted by molar-refractivity contribution is 8.18. The SMILES string of the molecule is CC(N1CCN(C(=O)OC(C)(C)C)CC1)N1C(=O)SC(=Cc2ccc3c(cnn3Cc3ccc(Cl)cc3C(F)(F)F)c2)C1=O. The third kappa shape index (κ3) is 6.89. The molecule has 0 radical (unpaired) electrons. The standard InChI is InChI=1S/C30H31ClF3N5O4S/c1-18(36-9-11-37(12-10-36)27(41)43-29(2,3)4)39-26(40)25(44-28(39)42)14-19-5-8-24-21(13-19)16-35-38(24)17-20-6-7-22(31)15-23(20)30(32,33)34/h5-8,13-16,18H,9-12,17H2,1-4H3. The Hall–Kier alpha value is -3.55. The molecule has 0 saturated carbocycles. The highest BCUT2D eigenvalue weighted by atomic mass is 35.5. The molecule has 2 saturated heterocycles. The minimum atomic E-state index is -4.56. The van der Waals surface area contributed by atoms with Crippen LogP contribution in [0.25, 0.3) is 17.0 Å². The number of benzene rings is 2. The number of carbonyl (C=O) groups excluding carboxylic acids is 3. The first-order chi connectivity index (χ1) is 20.6. The molecule has 1 atom stereocenters. The number of piperazine rings is 1. The monoisotopic (exact) mass is 649 g/mol. The van der Waals surface area contributed by atoms with Gasteiger partial charge in [0.1, 0.15) is 5.60 Å². The van der Waals surface area contributed by atoms with Gasteiger partial charge in [0.2, 0.25) is 0 Å². The molecular weight excluding hydrogens is 619 g/mol. The topological polar surface area (TPSA) is 88.0 Å². The predicted octanol–water partition coefficient (Wildman–Crippen LogP) is 6.69. The van der Waals surface area contributed by atoms with Gasteiger partial charge >= 0.3 is 12.3 Å². The number of imide groups is 1. The fraction of sp³-hybridized carbons (Fsp3) is 0.400. The third-order valence-corrected chi connectivity index (χ3v) is 8.47. The lowest BCUT2D eigenvalue weighted by molar-refractivity contribution is -0.138. The number of halogens is 4. The van der Waals surface area contributed by atoms with Crippen molar-refractivity contribution in [1.29, 1.82) is 0 Å². The zero-order chi connectivity index (χ0) is 32.0. The molecule has 5 rings (SSSR count). The van der Waals surface area contributed by atoms with Crippen molar-refractivity contribution in [1.82, 2.24) is 24.5 Å². The van der Waals surface area contributed by atoms with Gasteiger partial charge in [0.15, 0.2) is 0 Å². The Balaban J connectivity index is 1.27. The quantitative estimate of drug-likeness (QED) is 0.285. The molecule has 2 fully saturated rings. The van der Waals surface area contributed by atoms with Crippen molar-refractivity contribution >= 4 is 57.6 Å². The molecule has 3 heterocycles. The number of ether oxygens (including phenoxy) is 1. The summed E-state index contributed by atoms with van der Waals surface area (Å²) in [5, 5.41) is 4.55. The van der Waals surface area contributed by atoms with Crippen LogP contribution < -0.4 is 0 Å². The minimum absolute atomic E-state index is 0.00406. The van der Waals surface area contributed by atoms with E-state index in [2.05, 4.69) is 5.10 Å². The summed E-state index contributed by atoms with van der Waals surface area (Å²) in [5.74, 6) is -0.416. The average molecular weight is 650 g/mol. The zero-order valence-electron chi connectivity index (χ0n) is 24.5. The van der Waals surface area contributed by atoms with Gasteiger partial charge in [-0.2, -0.15) is 18.3 Å². The van der Waals surface area contributed by atoms with Gasteiger partial charge in [-0.1, -0.05) is 23.7 Å². The molecule has 0 spiro atoms. The molecule has 2 aliphatic rings. The molecule has 3 amide bonds. The largest absolute Gasteiger partial charge is 0.444 e. The Morgan fingerprint density at radius 1 is 1.09 bits per heavy atom. The summed E-state index contributed by atoms with van der Waals surface area (Å²) in [4.78, 5) is 43.7. The van der Waals surface area contributed by atoms with Crippen LogP contribution >= 0.6 is 23.4 Å². The lowest BCUT2D eigenvalue weighted by Crippen LogP contribution is -2.57. The number of aromatic nitrogens is 2. The van der Waals surface area contributed by atoms with Gasteiger partial charge in [-0.3, -0.25) is 24.1 Å². The van der Waals surface area contributed by atoms with Crippen molar-refractivity contribution in [2.45, 2.75) is 52.2 Å². The van der Waals surface area contributed by atoms with Crippen LogP contribution in [0.3, 0.4) is 0 Å². The average Bonchev–Trinajstić information content (AvgIpc) is 3.46. The Labute approximate surface area is 261 Å². The summed E-state index contributed by atoms with van der Waals surface area (Å²) in [6.45, 7) is 8.86. The summed E-state index contributed by atoms with van der Waals surface area (Å²) < 4.78 is 47.7. The number of hydrogen-bond acceptors (Lipinski definition) is 7. The van der Waals surface area contributed by atoms with Crippen LogP contribution in [-0.4, -0.2) is 79.7 Å². The van der Waals surface area contributed by atoms with E-state index in [0.29, 0.717) is 42.6 Å². The maximum Gasteiger partial charge on any atom is 0.416 e. The maximum atomic E-state index is 13.6. The van der Waals surface area contributed by atoms with Gasteiger partial charge in [0.25, 0.3) is 11.1 Å². The number of thioether (sulfide) groups is 1. The smallest absolute Gasteiger partial charge is 0.416 e. The molecule has 0 aliphatic carbocycles. The Morgan fingerprint density at radius 2 is 1.80 bits per heavy atom. The predicted molar refractivity (Wildman–Crippen MR) is 162 cm³/mol. The summed E-state index contributed by atoms with van der Waals surface area (Å²) in [7, 11) is 0. The van der Waals surface area contributed by atoms with Crippen molar-refractivity contribution in [3.05, 3.63) is 69.2 Å². The van der Waals surface area contributed by atoms with E-state index >= 15 is 0 Å². The molecule has 9 nitrogen and oxygen atoms in total. The van der Waals surface area contributed by atoms with Crippen molar-refractivity contribution in [2.75, 3.05) is 26.2 Å². The van der Waals surface area contributed by atoms with E-state index in [4.69, 9.17) is 16.3 Å². The molecule has 2 aliphatic heterocycles. The molecular formula is C30H31ClF3N5O4S. The normalized spacial score (nSPS) is 18.5. The Bertz CT molecular complexity index is 1640. The van der Waals surface area contributed by atoms with Gasteiger partial charge in [-0.15, -0.1) is 0 Å². The van der Waals surface area contributed by atoms with Crippen molar-refractivity contribution < 1.29 is 32.3 Å². The van der Waals surface area contributed by atoms with Crippen molar-refractivity contribution in [3.63, 3.8) is 0 Å². The van der Waals surface area contributed by atoms with E-state index in [-0.39, 0.29) is 27.3 Å². The molecule has 0 N–H and O–H groups in total. The number of nitrogens with zero attached hydrogens (tertiary/aromatic N) is 5. The van der Waals surface area contributed by atoms with E-state index in [1.165, 1.54) is 21.7 Å². The van der Waals surface area contributed by atoms with Gasteiger partial charge in [0.05, 0.1) is 34.9 Å². The fourth-order valence-corrected chi connectivity index (χ4v) is 6.23. The van der Waals surface area contributed by atoms with Crippen LogP contribution in [0.4, 0.5) is 22.8 Å². The summed E-state index contributed by atoms with van der Waals surface area (Å²) in [6.07, 6.45) is -2.30. The maximum absolute atomic E-state index is 13.6. The molecule has 14 heteroatoms. The van der Waals surface area contributed by atoms with E-state index in [1.807, 2.05) is 4.90 Å². The van der Waals surface area contributed by atoms with E-state index in [9.17, 15) is 27.6 Å². The van der Waals surface area contributed by atoms with Gasteiger partial charge in [-0.25, -0.2) is 4.79 Å². The van der Waals surface area contributed by atoms with Gasteiger partial charge in [-0.05, 0) is 80.9 Å². The number of amides is 3. The zero-order valence-corrected chi connectivity index (χ0v) is 26.1. The van der Waals surface area contributed by atoms with Crippen LogP contribution in [0.5, 0.6) is 0 Å². The molecule has 1 unspecified atom stereocenters. The van der Waals surface area contributed by atoms with E-state index in [0.717, 1.165) is 17.8 Å². The minimum Gasteiger partial charge on any atom is -0.444 e. The lowest BCUT2D eigenvalue weighted by Gasteiger charge is -2.40. The number of hydrogen-bond donors (Lipinski definition) is 0. The van der Waals surface area contributed by atoms with Crippen LogP contribution in [0.1, 0.15) is 44.4 Å². The van der Waals surface area contributed by atoms with Gasteiger partial charge < -0.3 is 9.64 Å². The van der Waals surface area contributed by atoms with E-state index < -0.39 is 35.5 Å². The number of alkyl halides is 3. The summed E-state index contributed by atoms with van der Waals surface area (Å²) >= 11 is 6.66. The van der Waals surface area contributed by atoms with Crippen LogP contribution in [0, 0.1) is 0 Å². The molecule has 0 bridgehead atoms. The molecule has 2 aromatic carbocycles. The second kappa shape index (κ2) is 12.1. The fourth-order valence-electron chi connectivity index (χ4n) is 5.15. The van der Waals surface area contributed by atoms with Gasteiger partial charge in [0, 0.05) is 36.6 Å². The molecule has 1 aromatic heterocycles. The van der Waals surface area contributed by atoms with Crippen LogP contribution in [0.2, 0.25) is 5.02 Å². The number of carbonyl (C=O) groups is 3. The Morgan fingerprint density at radius 3 is 2.45 bits per heavy atom. The molecule has 234 valence electrons. The number of rotatable bonds is 5. The summed E-state index contributed by atoms with van der Waals surface area (Å²) in [6, 6.07) is 8.85. The van der Waals surface area contributed by atoms with Crippen LogP contribution in [0.15, 0.2) is 47.5 Å². The first kappa shape index (κ1) is 31.9. The highest BCUT2D eigenvalue weighted by Crippen LogP contribution is 2.36. The first-order valence-electron chi connectivity index (χ1n) is 13.9. The third-order valence-electron chi connectivity index (χ3n) is 7.35. The molecule has 3 aromatic rings. The van der Waals surface area contributed by atoms with E-state index in [1.54, 1.807) is 63.1 Å².